The lowest BCUT2D eigenvalue weighted by Gasteiger charge is -2.05. The fourth-order valence-electron chi connectivity index (χ4n) is 2.24. The van der Waals surface area contributed by atoms with Gasteiger partial charge in [-0.3, -0.25) is 15.5 Å². The highest BCUT2D eigenvalue weighted by Crippen LogP contribution is 2.26. The number of para-hydroxylation sites is 1. The number of nitro groups is 1. The molecule has 26 heavy (non-hydrogen) atoms. The molecule has 132 valence electrons. The molecule has 3 rings (SSSR count). The number of nitrogens with zero attached hydrogens (tertiary/aromatic N) is 3. The van der Waals surface area contributed by atoms with Crippen molar-refractivity contribution in [3.63, 3.8) is 0 Å². The molecule has 3 aromatic rings. The highest BCUT2D eigenvalue weighted by molar-refractivity contribution is 7.14. The molecule has 0 fully saturated rings. The maximum atomic E-state index is 10.7. The second-order valence-electron chi connectivity index (χ2n) is 5.18. The van der Waals surface area contributed by atoms with Crippen LogP contribution in [0.3, 0.4) is 0 Å². The summed E-state index contributed by atoms with van der Waals surface area (Å²) >= 11 is 1.40. The maximum Gasteiger partial charge on any atom is 0.269 e. The van der Waals surface area contributed by atoms with Gasteiger partial charge < -0.3 is 4.74 Å². The van der Waals surface area contributed by atoms with Crippen molar-refractivity contribution in [2.45, 2.75) is 6.92 Å². The summed E-state index contributed by atoms with van der Waals surface area (Å²) in [6, 6.07) is 13.9. The van der Waals surface area contributed by atoms with Crippen LogP contribution in [0.2, 0.25) is 0 Å². The summed E-state index contributed by atoms with van der Waals surface area (Å²) in [5, 5.41) is 17.4. The number of nitro benzene ring substituents is 1. The van der Waals surface area contributed by atoms with Crippen LogP contribution in [-0.4, -0.2) is 22.7 Å². The predicted molar refractivity (Wildman–Crippen MR) is 103 cm³/mol. The smallest absolute Gasteiger partial charge is 0.269 e. The van der Waals surface area contributed by atoms with Crippen LogP contribution in [0, 0.1) is 10.1 Å². The summed E-state index contributed by atoms with van der Waals surface area (Å²) in [7, 11) is 0. The molecule has 0 saturated heterocycles. The molecule has 1 aromatic heterocycles. The lowest BCUT2D eigenvalue weighted by molar-refractivity contribution is -0.384. The van der Waals surface area contributed by atoms with Crippen LogP contribution < -0.4 is 10.2 Å². The van der Waals surface area contributed by atoms with Gasteiger partial charge in [-0.05, 0) is 31.2 Å². The number of hydrazone groups is 1. The van der Waals surface area contributed by atoms with Gasteiger partial charge in [-0.25, -0.2) is 4.98 Å². The molecule has 7 nitrogen and oxygen atoms in total. The molecule has 0 aliphatic carbocycles. The first-order valence-electron chi connectivity index (χ1n) is 7.88. The fourth-order valence-corrected chi connectivity index (χ4v) is 2.91. The predicted octanol–water partition coefficient (Wildman–Crippen LogP) is 4.56. The van der Waals surface area contributed by atoms with Gasteiger partial charge in [0.1, 0.15) is 5.75 Å². The molecule has 0 amide bonds. The molecule has 2 aromatic carbocycles. The fraction of sp³-hybridized carbons (Fsp3) is 0.111. The summed E-state index contributed by atoms with van der Waals surface area (Å²) in [5.74, 6) is 0.770. The number of non-ortho nitro benzene ring substituents is 1. The lowest BCUT2D eigenvalue weighted by Crippen LogP contribution is -1.97. The van der Waals surface area contributed by atoms with Crippen LogP contribution in [0.1, 0.15) is 12.5 Å². The summed E-state index contributed by atoms with van der Waals surface area (Å²) < 4.78 is 5.55. The third-order valence-corrected chi connectivity index (χ3v) is 4.21. The largest absolute Gasteiger partial charge is 0.493 e. The van der Waals surface area contributed by atoms with Crippen molar-refractivity contribution in [3.05, 3.63) is 69.6 Å². The van der Waals surface area contributed by atoms with Crippen LogP contribution in [0.5, 0.6) is 5.75 Å². The maximum absolute atomic E-state index is 10.7. The van der Waals surface area contributed by atoms with E-state index in [1.54, 1.807) is 18.3 Å². The second-order valence-corrected chi connectivity index (χ2v) is 6.04. The summed E-state index contributed by atoms with van der Waals surface area (Å²) in [4.78, 5) is 14.7. The summed E-state index contributed by atoms with van der Waals surface area (Å²) in [5.41, 5.74) is 5.36. The van der Waals surface area contributed by atoms with Gasteiger partial charge in [0.15, 0.2) is 0 Å². The minimum atomic E-state index is -0.424. The molecular weight excluding hydrogens is 352 g/mol. The van der Waals surface area contributed by atoms with E-state index in [0.717, 1.165) is 22.6 Å². The number of hydrogen-bond donors (Lipinski definition) is 1. The van der Waals surface area contributed by atoms with Crippen molar-refractivity contribution >= 4 is 28.4 Å². The highest BCUT2D eigenvalue weighted by atomic mass is 32.1. The van der Waals surface area contributed by atoms with Gasteiger partial charge in [-0.2, -0.15) is 5.10 Å². The van der Waals surface area contributed by atoms with E-state index in [0.29, 0.717) is 11.7 Å². The summed E-state index contributed by atoms with van der Waals surface area (Å²) in [6.45, 7) is 2.52. The van der Waals surface area contributed by atoms with E-state index in [2.05, 4.69) is 15.5 Å². The molecular formula is C18H16N4O3S. The van der Waals surface area contributed by atoms with Gasteiger partial charge in [0.2, 0.25) is 5.13 Å². The Balaban J connectivity index is 1.68. The summed E-state index contributed by atoms with van der Waals surface area (Å²) in [6.07, 6.45) is 1.68. The van der Waals surface area contributed by atoms with Crippen molar-refractivity contribution in [2.24, 2.45) is 5.10 Å². The normalized spacial score (nSPS) is 10.8. The van der Waals surface area contributed by atoms with Gasteiger partial charge in [-0.15, -0.1) is 11.3 Å². The van der Waals surface area contributed by atoms with Crippen LogP contribution in [0.25, 0.3) is 11.3 Å². The first-order valence-corrected chi connectivity index (χ1v) is 8.76. The number of hydrogen-bond acceptors (Lipinski definition) is 7. The van der Waals surface area contributed by atoms with Gasteiger partial charge in [0, 0.05) is 28.6 Å². The Kier molecular flexibility index (Phi) is 5.55. The average molecular weight is 368 g/mol. The van der Waals surface area contributed by atoms with Crippen LogP contribution in [-0.2, 0) is 0 Å². The zero-order valence-electron chi connectivity index (χ0n) is 14.0. The van der Waals surface area contributed by atoms with Crippen LogP contribution >= 0.6 is 11.3 Å². The molecule has 1 N–H and O–H groups in total. The minimum Gasteiger partial charge on any atom is -0.493 e. The van der Waals surface area contributed by atoms with E-state index < -0.39 is 4.92 Å². The van der Waals surface area contributed by atoms with E-state index in [1.807, 2.05) is 36.6 Å². The van der Waals surface area contributed by atoms with Gasteiger partial charge >= 0.3 is 0 Å². The molecule has 0 radical (unpaired) electrons. The topological polar surface area (TPSA) is 89.7 Å². The number of anilines is 1. The molecule has 0 aliphatic rings. The Morgan fingerprint density at radius 2 is 2.04 bits per heavy atom. The number of thiazole rings is 1. The van der Waals surface area contributed by atoms with Gasteiger partial charge in [0.05, 0.1) is 23.4 Å². The molecule has 0 spiro atoms. The minimum absolute atomic E-state index is 0.0555. The molecule has 0 atom stereocenters. The third kappa shape index (κ3) is 4.22. The molecule has 0 aliphatic heterocycles. The quantitative estimate of drug-likeness (QED) is 0.375. The highest BCUT2D eigenvalue weighted by Gasteiger charge is 2.08. The van der Waals surface area contributed by atoms with Gasteiger partial charge in [0.25, 0.3) is 5.69 Å². The Labute approximate surface area is 154 Å². The number of aromatic nitrogens is 1. The second kappa shape index (κ2) is 8.21. The Morgan fingerprint density at radius 1 is 1.27 bits per heavy atom. The van der Waals surface area contributed by atoms with Gasteiger partial charge in [-0.1, -0.05) is 12.1 Å². The molecule has 0 saturated carbocycles. The van der Waals surface area contributed by atoms with E-state index in [1.165, 1.54) is 23.5 Å². The Bertz CT molecular complexity index is 922. The Hall–Kier alpha value is -3.26. The number of nitrogens with one attached hydrogen (secondary N) is 1. The number of rotatable bonds is 7. The lowest BCUT2D eigenvalue weighted by atomic mass is 10.1. The molecule has 1 heterocycles. The zero-order valence-corrected chi connectivity index (χ0v) is 14.8. The van der Waals surface area contributed by atoms with Crippen molar-refractivity contribution in [3.8, 4) is 17.0 Å². The first-order chi connectivity index (χ1) is 12.7. The molecule has 8 heteroatoms. The van der Waals surface area contributed by atoms with E-state index in [4.69, 9.17) is 4.74 Å². The molecule has 0 unspecified atom stereocenters. The van der Waals surface area contributed by atoms with Crippen molar-refractivity contribution in [1.82, 2.24) is 4.98 Å². The van der Waals surface area contributed by atoms with E-state index in [9.17, 15) is 10.1 Å². The van der Waals surface area contributed by atoms with Crippen molar-refractivity contribution < 1.29 is 9.66 Å². The van der Waals surface area contributed by atoms with E-state index >= 15 is 0 Å². The molecule has 0 bridgehead atoms. The number of benzene rings is 2. The van der Waals surface area contributed by atoms with Crippen molar-refractivity contribution in [2.75, 3.05) is 12.0 Å². The number of ether oxygens (including phenoxy) is 1. The standard InChI is InChI=1S/C18H16N4O3S/c1-2-25-17-6-4-3-5-14(17)11-19-21-18-20-16(12-26-18)13-7-9-15(10-8-13)22(23)24/h3-12H,2H2,1H3,(H,20,21)/b19-11+. The van der Waals surface area contributed by atoms with E-state index in [-0.39, 0.29) is 5.69 Å². The first kappa shape index (κ1) is 17.6. The van der Waals surface area contributed by atoms with Crippen molar-refractivity contribution in [1.29, 1.82) is 0 Å². The monoisotopic (exact) mass is 368 g/mol. The Morgan fingerprint density at radius 3 is 2.77 bits per heavy atom. The average Bonchev–Trinajstić information content (AvgIpc) is 3.12. The van der Waals surface area contributed by atoms with Crippen LogP contribution in [0.4, 0.5) is 10.8 Å². The third-order valence-electron chi connectivity index (χ3n) is 3.46. The SMILES string of the molecule is CCOc1ccccc1/C=N/Nc1nc(-c2ccc([N+](=O)[O-])cc2)cs1. The zero-order chi connectivity index (χ0) is 18.4. The van der Waals surface area contributed by atoms with Crippen LogP contribution in [0.15, 0.2) is 59.0 Å².